The van der Waals surface area contributed by atoms with Crippen LogP contribution < -0.4 is 5.32 Å². The first-order valence-corrected chi connectivity index (χ1v) is 16.6. The van der Waals surface area contributed by atoms with Crippen molar-refractivity contribution in [3.63, 3.8) is 0 Å². The molecule has 7 rings (SSSR count). The van der Waals surface area contributed by atoms with E-state index < -0.39 is 41.5 Å². The predicted octanol–water partition coefficient (Wildman–Crippen LogP) is 3.58. The monoisotopic (exact) mass is 667 g/mol. The Kier molecular flexibility index (Phi) is 6.73. The Balaban J connectivity index is 1.26. The first-order valence-electron chi connectivity index (χ1n) is 15.8. The molecule has 1 unspecified atom stereocenters. The maximum Gasteiger partial charge on any atom is 0.281 e. The SMILES string of the molecule is CC(C)C[C@H]1C(=O)N2CCCC2[C@]2(O)O[C@](NC(=O)[C@@H]3C=C4c5cccc6[nH]c(Br)c(c56)C[C@@]4(C)N(C)C3)(C(C)C)C(=O)N12. The number of nitrogens with one attached hydrogen (secondary N) is 2. The quantitative estimate of drug-likeness (QED) is 0.449. The second kappa shape index (κ2) is 9.88. The molecule has 1 aromatic carbocycles. The predicted molar refractivity (Wildman–Crippen MR) is 169 cm³/mol. The minimum Gasteiger partial charge on any atom is -0.349 e. The Morgan fingerprint density at radius 2 is 2.00 bits per heavy atom. The summed E-state index contributed by atoms with van der Waals surface area (Å²) in [6.07, 6.45) is 4.45. The molecule has 236 valence electrons. The highest BCUT2D eigenvalue weighted by Crippen LogP contribution is 2.50. The van der Waals surface area contributed by atoms with E-state index in [-0.39, 0.29) is 23.3 Å². The van der Waals surface area contributed by atoms with E-state index in [9.17, 15) is 19.5 Å². The zero-order chi connectivity index (χ0) is 31.5. The molecular weight excluding hydrogens is 626 g/mol. The van der Waals surface area contributed by atoms with Crippen LogP contribution in [0.4, 0.5) is 0 Å². The fourth-order valence-electron chi connectivity index (χ4n) is 8.41. The third kappa shape index (κ3) is 3.91. The smallest absolute Gasteiger partial charge is 0.281 e. The third-order valence-electron chi connectivity index (χ3n) is 10.9. The number of hydrogen-bond donors (Lipinski definition) is 3. The molecule has 0 bridgehead atoms. The number of amides is 3. The third-order valence-corrected chi connectivity index (χ3v) is 11.5. The normalized spacial score (nSPS) is 35.0. The summed E-state index contributed by atoms with van der Waals surface area (Å²) >= 11 is 3.72. The molecule has 2 aromatic rings. The largest absolute Gasteiger partial charge is 0.349 e. The summed E-state index contributed by atoms with van der Waals surface area (Å²) in [5.74, 6) is -4.06. The van der Waals surface area contributed by atoms with Crippen molar-refractivity contribution in [2.75, 3.05) is 20.1 Å². The van der Waals surface area contributed by atoms with Gasteiger partial charge in [0.1, 0.15) is 12.1 Å². The van der Waals surface area contributed by atoms with Gasteiger partial charge in [0.2, 0.25) is 17.5 Å². The lowest BCUT2D eigenvalue weighted by molar-refractivity contribution is -0.322. The molecule has 5 aliphatic rings. The number of fused-ring (bicyclic) bond motifs is 5. The first kappa shape index (κ1) is 30.0. The van der Waals surface area contributed by atoms with Gasteiger partial charge in [0.15, 0.2) is 0 Å². The Morgan fingerprint density at radius 3 is 2.70 bits per heavy atom. The van der Waals surface area contributed by atoms with Gasteiger partial charge in [-0.1, -0.05) is 45.9 Å². The van der Waals surface area contributed by atoms with Crippen molar-refractivity contribution < 1.29 is 24.2 Å². The van der Waals surface area contributed by atoms with Crippen LogP contribution in [0, 0.1) is 17.8 Å². The number of likely N-dealkylation sites (N-methyl/N-ethyl adjacent to an activating group) is 1. The second-order valence-corrected chi connectivity index (χ2v) is 15.1. The lowest BCUT2D eigenvalue weighted by atomic mass is 9.71. The molecule has 4 aliphatic heterocycles. The number of aliphatic hydroxyl groups is 1. The van der Waals surface area contributed by atoms with Gasteiger partial charge in [-0.15, -0.1) is 0 Å². The number of nitrogens with zero attached hydrogens (tertiary/aromatic N) is 3. The van der Waals surface area contributed by atoms with Crippen molar-refractivity contribution in [2.45, 2.75) is 89.6 Å². The van der Waals surface area contributed by atoms with Crippen molar-refractivity contribution in [1.82, 2.24) is 25.0 Å². The number of H-pyrrole nitrogens is 1. The fraction of sp³-hybridized carbons (Fsp3) is 0.606. The molecule has 0 saturated carbocycles. The van der Waals surface area contributed by atoms with E-state index in [1.54, 1.807) is 18.7 Å². The van der Waals surface area contributed by atoms with Crippen molar-refractivity contribution >= 4 is 50.1 Å². The molecule has 5 heterocycles. The maximum absolute atomic E-state index is 14.5. The Hall–Kier alpha value is -2.73. The zero-order valence-corrected chi connectivity index (χ0v) is 27.8. The lowest BCUT2D eigenvalue weighted by Gasteiger charge is -2.49. The molecule has 0 spiro atoms. The van der Waals surface area contributed by atoms with E-state index in [0.29, 0.717) is 32.4 Å². The molecular formula is C33H42BrN5O5. The Morgan fingerprint density at radius 1 is 1.25 bits per heavy atom. The van der Waals surface area contributed by atoms with Crippen LogP contribution in [0.1, 0.15) is 65.0 Å². The Labute approximate surface area is 266 Å². The van der Waals surface area contributed by atoms with Crippen LogP contribution in [0.5, 0.6) is 0 Å². The van der Waals surface area contributed by atoms with Gasteiger partial charge in [0.25, 0.3) is 11.8 Å². The number of carbonyl (C=O) groups excluding carboxylic acids is 3. The first-order chi connectivity index (χ1) is 20.7. The second-order valence-electron chi connectivity index (χ2n) is 14.3. The van der Waals surface area contributed by atoms with Crippen LogP contribution in [0.25, 0.3) is 16.5 Å². The average molecular weight is 669 g/mol. The van der Waals surface area contributed by atoms with Gasteiger partial charge in [0, 0.05) is 35.4 Å². The number of rotatable bonds is 5. The van der Waals surface area contributed by atoms with Crippen molar-refractivity contribution in [3.05, 3.63) is 40.0 Å². The van der Waals surface area contributed by atoms with Crippen LogP contribution >= 0.6 is 15.9 Å². The van der Waals surface area contributed by atoms with E-state index in [1.165, 1.54) is 10.5 Å². The molecule has 3 fully saturated rings. The number of halogens is 1. The van der Waals surface area contributed by atoms with Gasteiger partial charge >= 0.3 is 0 Å². The number of carbonyl (C=O) groups is 3. The molecule has 44 heavy (non-hydrogen) atoms. The summed E-state index contributed by atoms with van der Waals surface area (Å²) in [4.78, 5) is 51.0. The standard InChI is InChI=1S/C33H42BrN5O5/c1-17(2)13-24-29(41)38-12-8-11-25(38)33(43)39(24)30(42)32(44-33,18(3)4)36-28(40)19-14-22-20-9-7-10-23-26(20)21(27(34)35-23)15-31(22,5)37(6)16-19/h7,9-10,14,17-19,24-25,35,43H,8,11-13,15-16H2,1-6H3,(H,36,40)/t19-,24+,25?,31-,32-,33+/m1/s1. The van der Waals surface area contributed by atoms with Gasteiger partial charge in [-0.2, -0.15) is 0 Å². The van der Waals surface area contributed by atoms with Crippen LogP contribution in [-0.2, 0) is 25.5 Å². The molecule has 10 nitrogen and oxygen atoms in total. The summed E-state index contributed by atoms with van der Waals surface area (Å²) < 4.78 is 7.44. The van der Waals surface area contributed by atoms with Gasteiger partial charge in [-0.05, 0) is 84.3 Å². The van der Waals surface area contributed by atoms with Crippen LogP contribution in [-0.4, -0.2) is 91.9 Å². The fourth-order valence-corrected chi connectivity index (χ4v) is 8.96. The van der Waals surface area contributed by atoms with E-state index in [0.717, 1.165) is 33.1 Å². The number of piperazine rings is 1. The summed E-state index contributed by atoms with van der Waals surface area (Å²) in [7, 11) is 2.04. The van der Waals surface area contributed by atoms with Gasteiger partial charge in [-0.25, -0.2) is 0 Å². The van der Waals surface area contributed by atoms with Crippen LogP contribution in [0.2, 0.25) is 0 Å². The number of ether oxygens (including phenoxy) is 1. The number of benzene rings is 1. The van der Waals surface area contributed by atoms with E-state index >= 15 is 0 Å². The van der Waals surface area contributed by atoms with Crippen molar-refractivity contribution in [1.29, 1.82) is 0 Å². The minimum atomic E-state index is -2.02. The number of hydrogen-bond acceptors (Lipinski definition) is 6. The molecule has 11 heteroatoms. The summed E-state index contributed by atoms with van der Waals surface area (Å²) in [6, 6.07) is 4.65. The van der Waals surface area contributed by atoms with Crippen molar-refractivity contribution in [2.24, 2.45) is 17.8 Å². The highest BCUT2D eigenvalue weighted by atomic mass is 79.9. The molecule has 6 atom stereocenters. The van der Waals surface area contributed by atoms with E-state index in [1.807, 2.05) is 33.0 Å². The van der Waals surface area contributed by atoms with Gasteiger partial charge < -0.3 is 20.3 Å². The highest BCUT2D eigenvalue weighted by Gasteiger charge is 2.72. The van der Waals surface area contributed by atoms with Crippen LogP contribution in [0.3, 0.4) is 0 Å². The van der Waals surface area contributed by atoms with Crippen molar-refractivity contribution in [3.8, 4) is 0 Å². The molecule has 1 aromatic heterocycles. The maximum atomic E-state index is 14.5. The topological polar surface area (TPSA) is 118 Å². The Bertz CT molecular complexity index is 1620. The van der Waals surface area contributed by atoms with Gasteiger partial charge in [0.05, 0.1) is 10.5 Å². The number of aromatic amines is 1. The number of aromatic nitrogens is 1. The van der Waals surface area contributed by atoms with Crippen LogP contribution in [0.15, 0.2) is 28.9 Å². The van der Waals surface area contributed by atoms with E-state index in [2.05, 4.69) is 50.2 Å². The highest BCUT2D eigenvalue weighted by molar-refractivity contribution is 9.10. The zero-order valence-electron chi connectivity index (χ0n) is 26.2. The summed E-state index contributed by atoms with van der Waals surface area (Å²) in [5.41, 5.74) is 2.29. The lowest BCUT2D eigenvalue weighted by Crippen LogP contribution is -2.71. The average Bonchev–Trinajstić information content (AvgIpc) is 3.63. The summed E-state index contributed by atoms with van der Waals surface area (Å²) in [5, 5.41) is 16.4. The molecule has 3 amide bonds. The minimum absolute atomic E-state index is 0.101. The summed E-state index contributed by atoms with van der Waals surface area (Å²) in [6.45, 7) is 10.8. The molecule has 3 saturated heterocycles. The molecule has 1 aliphatic carbocycles. The molecule has 3 N–H and O–H groups in total. The van der Waals surface area contributed by atoms with E-state index in [4.69, 9.17) is 4.74 Å². The van der Waals surface area contributed by atoms with Gasteiger partial charge in [-0.3, -0.25) is 28.9 Å². The molecule has 0 radical (unpaired) electrons.